The molecule has 3 rings (SSSR count). The standard InChI is InChI=1S/C18H14N2O2S2/c21-17(19-13-6-2-1-3-7-13)15(12-14-8-4-10-23-14)20-18(22)16-9-5-11-24-16/h1-12H,(H,19,21)(H,20,22)/b15-12+. The van der Waals surface area contributed by atoms with Gasteiger partial charge in [0.15, 0.2) is 0 Å². The molecule has 24 heavy (non-hydrogen) atoms. The smallest absolute Gasteiger partial charge is 0.272 e. The average Bonchev–Trinajstić information content (AvgIpc) is 3.29. The molecule has 0 aliphatic rings. The molecule has 2 N–H and O–H groups in total. The van der Waals surface area contributed by atoms with Crippen LogP contribution in [0.1, 0.15) is 14.5 Å². The molecule has 0 bridgehead atoms. The lowest BCUT2D eigenvalue weighted by Gasteiger charge is -2.10. The van der Waals surface area contributed by atoms with Crippen LogP contribution in [0.4, 0.5) is 5.69 Å². The van der Waals surface area contributed by atoms with Gasteiger partial charge in [0, 0.05) is 10.6 Å². The third kappa shape index (κ3) is 4.18. The summed E-state index contributed by atoms with van der Waals surface area (Å²) in [4.78, 5) is 26.3. The Labute approximate surface area is 147 Å². The van der Waals surface area contributed by atoms with Gasteiger partial charge in [0.25, 0.3) is 11.8 Å². The summed E-state index contributed by atoms with van der Waals surface area (Å²) in [7, 11) is 0. The number of rotatable bonds is 5. The molecule has 0 fully saturated rings. The highest BCUT2D eigenvalue weighted by Crippen LogP contribution is 2.15. The van der Waals surface area contributed by atoms with Gasteiger partial charge >= 0.3 is 0 Å². The Morgan fingerprint density at radius 3 is 2.29 bits per heavy atom. The Kier molecular flexibility index (Phi) is 5.20. The maximum atomic E-state index is 12.6. The van der Waals surface area contributed by atoms with E-state index in [1.54, 1.807) is 30.3 Å². The topological polar surface area (TPSA) is 58.2 Å². The van der Waals surface area contributed by atoms with Crippen molar-refractivity contribution in [3.63, 3.8) is 0 Å². The quantitative estimate of drug-likeness (QED) is 0.674. The molecular formula is C18H14N2O2S2. The number of para-hydroxylation sites is 1. The average molecular weight is 354 g/mol. The number of anilines is 1. The van der Waals surface area contributed by atoms with Gasteiger partial charge in [-0.2, -0.15) is 0 Å². The summed E-state index contributed by atoms with van der Waals surface area (Å²) in [5.41, 5.74) is 0.879. The fraction of sp³-hybridized carbons (Fsp3) is 0. The van der Waals surface area contributed by atoms with Crippen LogP contribution in [0.2, 0.25) is 0 Å². The second-order valence-corrected chi connectivity index (χ2v) is 6.75. The molecule has 0 radical (unpaired) electrons. The van der Waals surface area contributed by atoms with Gasteiger partial charge in [-0.25, -0.2) is 0 Å². The number of hydrogen-bond donors (Lipinski definition) is 2. The van der Waals surface area contributed by atoms with E-state index in [0.717, 1.165) is 4.88 Å². The van der Waals surface area contributed by atoms with E-state index in [4.69, 9.17) is 0 Å². The molecule has 6 heteroatoms. The van der Waals surface area contributed by atoms with Gasteiger partial charge in [-0.05, 0) is 41.1 Å². The van der Waals surface area contributed by atoms with Gasteiger partial charge in [0.1, 0.15) is 5.70 Å². The van der Waals surface area contributed by atoms with E-state index in [0.29, 0.717) is 10.6 Å². The number of hydrogen-bond acceptors (Lipinski definition) is 4. The first-order valence-corrected chi connectivity index (χ1v) is 8.95. The van der Waals surface area contributed by atoms with E-state index >= 15 is 0 Å². The summed E-state index contributed by atoms with van der Waals surface area (Å²) in [6.45, 7) is 0. The van der Waals surface area contributed by atoms with Crippen molar-refractivity contribution in [2.75, 3.05) is 5.32 Å². The van der Waals surface area contributed by atoms with E-state index < -0.39 is 0 Å². The molecule has 0 atom stereocenters. The molecule has 120 valence electrons. The van der Waals surface area contributed by atoms with Crippen LogP contribution >= 0.6 is 22.7 Å². The lowest BCUT2D eigenvalue weighted by atomic mass is 10.2. The van der Waals surface area contributed by atoms with E-state index in [2.05, 4.69) is 10.6 Å². The Morgan fingerprint density at radius 2 is 1.62 bits per heavy atom. The number of thiophene rings is 2. The SMILES string of the molecule is O=C(Nc1ccccc1)/C(=C\c1cccs1)NC(=O)c1cccs1. The van der Waals surface area contributed by atoms with Crippen molar-refractivity contribution in [3.8, 4) is 0 Å². The zero-order valence-corrected chi connectivity index (χ0v) is 14.2. The van der Waals surface area contributed by atoms with Crippen molar-refractivity contribution in [3.05, 3.63) is 80.8 Å². The van der Waals surface area contributed by atoms with E-state index in [1.807, 2.05) is 41.1 Å². The number of carbonyl (C=O) groups excluding carboxylic acids is 2. The predicted octanol–water partition coefficient (Wildman–Crippen LogP) is 4.22. The van der Waals surface area contributed by atoms with Crippen molar-refractivity contribution >= 4 is 46.3 Å². The summed E-state index contributed by atoms with van der Waals surface area (Å²) >= 11 is 2.82. The Hall–Kier alpha value is -2.70. The zero-order valence-electron chi connectivity index (χ0n) is 12.6. The molecule has 0 saturated carbocycles. The van der Waals surface area contributed by atoms with Crippen LogP contribution < -0.4 is 10.6 Å². The van der Waals surface area contributed by atoms with Crippen LogP contribution in [0.15, 0.2) is 71.1 Å². The highest BCUT2D eigenvalue weighted by molar-refractivity contribution is 7.12. The van der Waals surface area contributed by atoms with Gasteiger partial charge in [-0.1, -0.05) is 30.3 Å². The molecule has 0 saturated heterocycles. The Morgan fingerprint density at radius 1 is 0.875 bits per heavy atom. The number of benzene rings is 1. The minimum atomic E-state index is -0.362. The van der Waals surface area contributed by atoms with Crippen LogP contribution in [0, 0.1) is 0 Å². The van der Waals surface area contributed by atoms with Crippen molar-refractivity contribution in [1.82, 2.24) is 5.32 Å². The van der Waals surface area contributed by atoms with Crippen molar-refractivity contribution in [2.45, 2.75) is 0 Å². The largest absolute Gasteiger partial charge is 0.321 e. The molecule has 1 aromatic carbocycles. The fourth-order valence-electron chi connectivity index (χ4n) is 1.99. The number of amides is 2. The molecule has 0 aliphatic heterocycles. The van der Waals surface area contributed by atoms with Crippen LogP contribution in [-0.2, 0) is 4.79 Å². The Balaban J connectivity index is 1.82. The first-order valence-electron chi connectivity index (χ1n) is 7.19. The highest BCUT2D eigenvalue weighted by Gasteiger charge is 2.15. The van der Waals surface area contributed by atoms with E-state index in [1.165, 1.54) is 22.7 Å². The summed E-state index contributed by atoms with van der Waals surface area (Å²) < 4.78 is 0. The highest BCUT2D eigenvalue weighted by atomic mass is 32.1. The minimum Gasteiger partial charge on any atom is -0.321 e. The van der Waals surface area contributed by atoms with Gasteiger partial charge < -0.3 is 10.6 Å². The van der Waals surface area contributed by atoms with E-state index in [9.17, 15) is 9.59 Å². The molecular weight excluding hydrogens is 340 g/mol. The molecule has 4 nitrogen and oxygen atoms in total. The number of nitrogens with one attached hydrogen (secondary N) is 2. The van der Waals surface area contributed by atoms with Crippen LogP contribution in [0.25, 0.3) is 6.08 Å². The molecule has 2 aromatic heterocycles. The lowest BCUT2D eigenvalue weighted by Crippen LogP contribution is -2.30. The van der Waals surface area contributed by atoms with Gasteiger partial charge in [-0.3, -0.25) is 9.59 Å². The second kappa shape index (κ2) is 7.72. The summed E-state index contributed by atoms with van der Waals surface area (Å²) in [6, 6.07) is 16.4. The summed E-state index contributed by atoms with van der Waals surface area (Å²) in [5, 5.41) is 9.23. The third-order valence-electron chi connectivity index (χ3n) is 3.10. The predicted molar refractivity (Wildman–Crippen MR) is 99.2 cm³/mol. The maximum absolute atomic E-state index is 12.6. The van der Waals surface area contributed by atoms with Gasteiger partial charge in [0.05, 0.1) is 4.88 Å². The van der Waals surface area contributed by atoms with Crippen molar-refractivity contribution in [1.29, 1.82) is 0 Å². The van der Waals surface area contributed by atoms with Crippen LogP contribution in [0.5, 0.6) is 0 Å². The molecule has 0 aliphatic carbocycles. The normalized spacial score (nSPS) is 11.1. The second-order valence-electron chi connectivity index (χ2n) is 4.83. The van der Waals surface area contributed by atoms with E-state index in [-0.39, 0.29) is 17.5 Å². The third-order valence-corrected chi connectivity index (χ3v) is 4.79. The van der Waals surface area contributed by atoms with Gasteiger partial charge in [-0.15, -0.1) is 22.7 Å². The zero-order chi connectivity index (χ0) is 16.8. The Bertz CT molecular complexity index is 839. The van der Waals surface area contributed by atoms with Crippen molar-refractivity contribution in [2.24, 2.45) is 0 Å². The molecule has 0 spiro atoms. The summed E-state index contributed by atoms with van der Waals surface area (Å²) in [6.07, 6.45) is 1.68. The monoisotopic (exact) mass is 354 g/mol. The van der Waals surface area contributed by atoms with Crippen molar-refractivity contribution < 1.29 is 9.59 Å². The minimum absolute atomic E-state index is 0.208. The first-order chi connectivity index (χ1) is 11.7. The maximum Gasteiger partial charge on any atom is 0.272 e. The lowest BCUT2D eigenvalue weighted by molar-refractivity contribution is -0.113. The molecule has 3 aromatic rings. The van der Waals surface area contributed by atoms with Gasteiger partial charge in [0.2, 0.25) is 0 Å². The van der Waals surface area contributed by atoms with Crippen LogP contribution in [0.3, 0.4) is 0 Å². The first kappa shape index (κ1) is 16.2. The fourth-order valence-corrected chi connectivity index (χ4v) is 3.26. The summed E-state index contributed by atoms with van der Waals surface area (Å²) in [5.74, 6) is -0.657. The molecule has 2 amide bonds. The number of carbonyl (C=O) groups is 2. The molecule has 2 heterocycles. The van der Waals surface area contributed by atoms with Crippen LogP contribution in [-0.4, -0.2) is 11.8 Å². The molecule has 0 unspecified atom stereocenters.